The van der Waals surface area contributed by atoms with Crippen molar-refractivity contribution in [2.45, 2.75) is 25.8 Å². The molecule has 0 aliphatic heterocycles. The van der Waals surface area contributed by atoms with Crippen molar-refractivity contribution in [2.75, 3.05) is 34.3 Å². The van der Waals surface area contributed by atoms with Gasteiger partial charge in [0.15, 0.2) is 11.6 Å². The topological polar surface area (TPSA) is 24.5 Å². The quantitative estimate of drug-likeness (QED) is 0.783. The van der Waals surface area contributed by atoms with E-state index >= 15 is 0 Å². The highest BCUT2D eigenvalue weighted by atomic mass is 19.1. The monoisotopic (exact) mass is 268 g/mol. The van der Waals surface area contributed by atoms with Gasteiger partial charge in [-0.3, -0.25) is 0 Å². The van der Waals surface area contributed by atoms with Crippen LogP contribution in [-0.4, -0.2) is 45.2 Å². The molecule has 0 aromatic heterocycles. The summed E-state index contributed by atoms with van der Waals surface area (Å²) in [4.78, 5) is 2.15. The highest BCUT2D eigenvalue weighted by Gasteiger charge is 2.14. The summed E-state index contributed by atoms with van der Waals surface area (Å²) >= 11 is 0. The molecule has 0 saturated heterocycles. The van der Waals surface area contributed by atoms with Crippen molar-refractivity contribution in [3.8, 4) is 5.75 Å². The van der Waals surface area contributed by atoms with Gasteiger partial charge in [-0.05, 0) is 51.7 Å². The number of likely N-dealkylation sites (N-methyl/N-ethyl adjacent to an activating group) is 1. The summed E-state index contributed by atoms with van der Waals surface area (Å²) in [5, 5.41) is 3.42. The van der Waals surface area contributed by atoms with E-state index in [0.717, 1.165) is 19.5 Å². The zero-order valence-electron chi connectivity index (χ0n) is 12.4. The number of methoxy groups -OCH3 is 1. The molecule has 0 radical (unpaired) electrons. The van der Waals surface area contributed by atoms with Crippen molar-refractivity contribution < 1.29 is 9.13 Å². The lowest BCUT2D eigenvalue weighted by Gasteiger charge is -2.20. The molecule has 0 aliphatic carbocycles. The summed E-state index contributed by atoms with van der Waals surface area (Å²) in [5.41, 5.74) is 0.712. The zero-order chi connectivity index (χ0) is 14.3. The first-order valence-electron chi connectivity index (χ1n) is 6.78. The average molecular weight is 268 g/mol. The number of hydrogen-bond donors (Lipinski definition) is 1. The minimum Gasteiger partial charge on any atom is -0.494 e. The van der Waals surface area contributed by atoms with Gasteiger partial charge in [-0.25, -0.2) is 4.39 Å². The summed E-state index contributed by atoms with van der Waals surface area (Å²) in [6, 6.07) is 5.61. The van der Waals surface area contributed by atoms with Crippen LogP contribution in [0.4, 0.5) is 4.39 Å². The van der Waals surface area contributed by atoms with E-state index in [0.29, 0.717) is 17.7 Å². The largest absolute Gasteiger partial charge is 0.494 e. The number of benzene rings is 1. The highest BCUT2D eigenvalue weighted by molar-refractivity contribution is 5.31. The second-order valence-corrected chi connectivity index (χ2v) is 4.98. The molecule has 0 fully saturated rings. The summed E-state index contributed by atoms with van der Waals surface area (Å²) in [7, 11) is 5.60. The number of rotatable bonds is 8. The van der Waals surface area contributed by atoms with E-state index in [1.165, 1.54) is 7.11 Å². The van der Waals surface area contributed by atoms with E-state index in [2.05, 4.69) is 31.2 Å². The van der Waals surface area contributed by atoms with Crippen molar-refractivity contribution in [2.24, 2.45) is 0 Å². The van der Waals surface area contributed by atoms with E-state index in [4.69, 9.17) is 4.74 Å². The van der Waals surface area contributed by atoms with Crippen LogP contribution in [0, 0.1) is 5.82 Å². The molecular weight excluding hydrogens is 243 g/mol. The second-order valence-electron chi connectivity index (χ2n) is 4.98. The van der Waals surface area contributed by atoms with Crippen molar-refractivity contribution in [3.63, 3.8) is 0 Å². The van der Waals surface area contributed by atoms with Crippen molar-refractivity contribution in [3.05, 3.63) is 29.6 Å². The van der Waals surface area contributed by atoms with Gasteiger partial charge in [0, 0.05) is 6.04 Å². The number of hydrogen-bond acceptors (Lipinski definition) is 3. The Morgan fingerprint density at radius 3 is 2.68 bits per heavy atom. The lowest BCUT2D eigenvalue weighted by molar-refractivity contribution is 0.354. The SMILES string of the molecule is CCNC(CCN(C)C)Cc1cccc(OC)c1F. The predicted octanol–water partition coefficient (Wildman–Crippen LogP) is 2.31. The van der Waals surface area contributed by atoms with Gasteiger partial charge in [0.05, 0.1) is 7.11 Å². The van der Waals surface area contributed by atoms with Gasteiger partial charge in [-0.15, -0.1) is 0 Å². The fourth-order valence-corrected chi connectivity index (χ4v) is 2.12. The van der Waals surface area contributed by atoms with Crippen LogP contribution in [0.5, 0.6) is 5.75 Å². The standard InChI is InChI=1S/C15H25FN2O/c1-5-17-13(9-10-18(2)3)11-12-7-6-8-14(19-4)15(12)16/h6-8,13,17H,5,9-11H2,1-4H3. The van der Waals surface area contributed by atoms with Crippen LogP contribution in [0.25, 0.3) is 0 Å². The van der Waals surface area contributed by atoms with Crippen LogP contribution in [-0.2, 0) is 6.42 Å². The first-order chi connectivity index (χ1) is 9.08. The Kier molecular flexibility index (Phi) is 6.81. The number of nitrogens with one attached hydrogen (secondary N) is 1. The molecule has 4 heteroatoms. The maximum absolute atomic E-state index is 14.1. The molecule has 0 amide bonds. The van der Waals surface area contributed by atoms with Gasteiger partial charge in [-0.2, -0.15) is 0 Å². The molecule has 1 aromatic carbocycles. The third-order valence-corrected chi connectivity index (χ3v) is 3.15. The van der Waals surface area contributed by atoms with Crippen molar-refractivity contribution in [1.29, 1.82) is 0 Å². The molecule has 1 N–H and O–H groups in total. The first kappa shape index (κ1) is 15.9. The Labute approximate surface area is 115 Å². The van der Waals surface area contributed by atoms with Crippen molar-refractivity contribution in [1.82, 2.24) is 10.2 Å². The smallest absolute Gasteiger partial charge is 0.168 e. The summed E-state index contributed by atoms with van der Waals surface area (Å²) in [6.07, 6.45) is 1.68. The molecule has 19 heavy (non-hydrogen) atoms. The van der Waals surface area contributed by atoms with Gasteiger partial charge in [0.1, 0.15) is 0 Å². The number of ether oxygens (including phenoxy) is 1. The molecular formula is C15H25FN2O. The molecule has 0 bridgehead atoms. The van der Waals surface area contributed by atoms with Crippen LogP contribution in [0.3, 0.4) is 0 Å². The molecule has 0 spiro atoms. The molecule has 1 atom stereocenters. The van der Waals surface area contributed by atoms with Gasteiger partial charge >= 0.3 is 0 Å². The minimum atomic E-state index is -0.238. The molecule has 1 aromatic rings. The average Bonchev–Trinajstić information content (AvgIpc) is 2.38. The summed E-state index contributed by atoms with van der Waals surface area (Å²) in [6.45, 7) is 3.96. The Morgan fingerprint density at radius 1 is 1.37 bits per heavy atom. The van der Waals surface area contributed by atoms with Gasteiger partial charge in [-0.1, -0.05) is 19.1 Å². The third kappa shape index (κ3) is 5.17. The second kappa shape index (κ2) is 8.12. The van der Waals surface area contributed by atoms with E-state index < -0.39 is 0 Å². The van der Waals surface area contributed by atoms with E-state index in [9.17, 15) is 4.39 Å². The molecule has 0 aliphatic rings. The van der Waals surface area contributed by atoms with Crippen LogP contribution >= 0.6 is 0 Å². The molecule has 0 heterocycles. The fourth-order valence-electron chi connectivity index (χ4n) is 2.12. The normalized spacial score (nSPS) is 12.7. The summed E-state index contributed by atoms with van der Waals surface area (Å²) in [5.74, 6) is 0.0816. The molecule has 108 valence electrons. The molecule has 1 rings (SSSR count). The van der Waals surface area contributed by atoms with Crippen LogP contribution < -0.4 is 10.1 Å². The fraction of sp³-hybridized carbons (Fsp3) is 0.600. The van der Waals surface area contributed by atoms with Crippen LogP contribution in [0.2, 0.25) is 0 Å². The maximum atomic E-state index is 14.1. The number of halogens is 1. The van der Waals surface area contributed by atoms with Crippen LogP contribution in [0.1, 0.15) is 18.9 Å². The van der Waals surface area contributed by atoms with E-state index in [-0.39, 0.29) is 11.9 Å². The first-order valence-corrected chi connectivity index (χ1v) is 6.78. The van der Waals surface area contributed by atoms with Crippen molar-refractivity contribution >= 4 is 0 Å². The van der Waals surface area contributed by atoms with Gasteiger partial charge in [0.25, 0.3) is 0 Å². The Bertz CT molecular complexity index is 382. The Balaban J connectivity index is 2.72. The number of nitrogens with zero attached hydrogens (tertiary/aromatic N) is 1. The van der Waals surface area contributed by atoms with Gasteiger partial charge in [0.2, 0.25) is 0 Å². The Morgan fingerprint density at radius 2 is 2.11 bits per heavy atom. The lowest BCUT2D eigenvalue weighted by Crippen LogP contribution is -2.34. The zero-order valence-corrected chi connectivity index (χ0v) is 12.4. The third-order valence-electron chi connectivity index (χ3n) is 3.15. The van der Waals surface area contributed by atoms with E-state index in [1.54, 1.807) is 6.07 Å². The molecule has 1 unspecified atom stereocenters. The molecule has 0 saturated carbocycles. The van der Waals surface area contributed by atoms with Crippen LogP contribution in [0.15, 0.2) is 18.2 Å². The maximum Gasteiger partial charge on any atom is 0.168 e. The Hall–Kier alpha value is -1.13. The minimum absolute atomic E-state index is 0.238. The lowest BCUT2D eigenvalue weighted by atomic mass is 10.0. The highest BCUT2D eigenvalue weighted by Crippen LogP contribution is 2.21. The van der Waals surface area contributed by atoms with E-state index in [1.807, 2.05) is 12.1 Å². The summed E-state index contributed by atoms with van der Waals surface area (Å²) < 4.78 is 19.1. The molecule has 3 nitrogen and oxygen atoms in total. The predicted molar refractivity (Wildman–Crippen MR) is 77.3 cm³/mol. The van der Waals surface area contributed by atoms with Gasteiger partial charge < -0.3 is 15.0 Å².